The standard InChI is InChI=1S/C15H14O3/c16-14-7-4-11-12(18-14)5-6-13-15(11)9-2-1-3-10(8-9)17-13/h4-7,9-10H,1-3,8H2/t9-,10+/m1/s1. The van der Waals surface area contributed by atoms with E-state index in [2.05, 4.69) is 0 Å². The zero-order valence-electron chi connectivity index (χ0n) is 10.0. The first kappa shape index (κ1) is 10.2. The van der Waals surface area contributed by atoms with Gasteiger partial charge in [0.05, 0.1) is 6.10 Å². The molecular weight excluding hydrogens is 228 g/mol. The summed E-state index contributed by atoms with van der Waals surface area (Å²) < 4.78 is 11.3. The van der Waals surface area contributed by atoms with Gasteiger partial charge in [0, 0.05) is 17.0 Å². The minimum absolute atomic E-state index is 0.291. The summed E-state index contributed by atoms with van der Waals surface area (Å²) in [5, 5.41) is 1.04. The molecule has 1 aromatic heterocycles. The lowest BCUT2D eigenvalue weighted by Gasteiger charge is -2.36. The van der Waals surface area contributed by atoms with E-state index < -0.39 is 0 Å². The Morgan fingerprint density at radius 3 is 3.00 bits per heavy atom. The largest absolute Gasteiger partial charge is 0.490 e. The summed E-state index contributed by atoms with van der Waals surface area (Å²) in [4.78, 5) is 11.3. The van der Waals surface area contributed by atoms with Crippen molar-refractivity contribution >= 4 is 11.0 Å². The second-order valence-corrected chi connectivity index (χ2v) is 5.25. The van der Waals surface area contributed by atoms with E-state index >= 15 is 0 Å². The van der Waals surface area contributed by atoms with E-state index in [1.807, 2.05) is 18.2 Å². The molecule has 2 aliphatic rings. The Morgan fingerprint density at radius 1 is 1.11 bits per heavy atom. The lowest BCUT2D eigenvalue weighted by atomic mass is 9.79. The van der Waals surface area contributed by atoms with Crippen molar-refractivity contribution in [1.82, 2.24) is 0 Å². The van der Waals surface area contributed by atoms with Crippen LogP contribution in [0.3, 0.4) is 0 Å². The molecule has 4 rings (SSSR count). The van der Waals surface area contributed by atoms with Gasteiger partial charge in [0.1, 0.15) is 11.3 Å². The Morgan fingerprint density at radius 2 is 2.06 bits per heavy atom. The molecule has 0 spiro atoms. The summed E-state index contributed by atoms with van der Waals surface area (Å²) in [6.07, 6.45) is 5.08. The molecule has 18 heavy (non-hydrogen) atoms. The fourth-order valence-corrected chi connectivity index (χ4v) is 3.37. The molecule has 3 nitrogen and oxygen atoms in total. The normalized spacial score (nSPS) is 25.6. The molecule has 2 atom stereocenters. The molecule has 0 saturated heterocycles. The lowest BCUT2D eigenvalue weighted by Crippen LogP contribution is -2.29. The molecule has 92 valence electrons. The van der Waals surface area contributed by atoms with Crippen LogP contribution >= 0.6 is 0 Å². The molecule has 0 radical (unpaired) electrons. The number of rotatable bonds is 0. The first-order valence-electron chi connectivity index (χ1n) is 6.55. The third-order valence-electron chi connectivity index (χ3n) is 4.13. The molecule has 3 heteroatoms. The van der Waals surface area contributed by atoms with E-state index in [-0.39, 0.29) is 5.63 Å². The topological polar surface area (TPSA) is 39.4 Å². The zero-order valence-corrected chi connectivity index (χ0v) is 10.0. The van der Waals surface area contributed by atoms with Crippen LogP contribution in [0.1, 0.15) is 37.2 Å². The second kappa shape index (κ2) is 3.61. The molecular formula is C15H14O3. The van der Waals surface area contributed by atoms with E-state index in [9.17, 15) is 4.79 Å². The van der Waals surface area contributed by atoms with Gasteiger partial charge in [0.2, 0.25) is 0 Å². The molecule has 1 saturated carbocycles. The molecule has 2 aromatic rings. The van der Waals surface area contributed by atoms with Crippen molar-refractivity contribution in [3.05, 3.63) is 40.2 Å². The summed E-state index contributed by atoms with van der Waals surface area (Å²) in [7, 11) is 0. The fourth-order valence-electron chi connectivity index (χ4n) is 3.37. The molecule has 1 aliphatic heterocycles. The van der Waals surface area contributed by atoms with Gasteiger partial charge in [-0.15, -0.1) is 0 Å². The summed E-state index contributed by atoms with van der Waals surface area (Å²) in [6.45, 7) is 0. The van der Waals surface area contributed by atoms with Crippen LogP contribution in [0.25, 0.3) is 11.0 Å². The Hall–Kier alpha value is -1.77. The van der Waals surface area contributed by atoms with Crippen molar-refractivity contribution in [2.75, 3.05) is 0 Å². The van der Waals surface area contributed by atoms with Gasteiger partial charge >= 0.3 is 5.63 Å². The minimum atomic E-state index is -0.291. The van der Waals surface area contributed by atoms with Crippen LogP contribution in [0.4, 0.5) is 0 Å². The quantitative estimate of drug-likeness (QED) is 0.666. The van der Waals surface area contributed by atoms with Gasteiger partial charge in [-0.05, 0) is 49.8 Å². The average Bonchev–Trinajstić information content (AvgIpc) is 2.38. The van der Waals surface area contributed by atoms with Gasteiger partial charge < -0.3 is 9.15 Å². The average molecular weight is 242 g/mol. The highest BCUT2D eigenvalue weighted by atomic mass is 16.5. The Kier molecular flexibility index (Phi) is 2.04. The van der Waals surface area contributed by atoms with Gasteiger partial charge in [0.25, 0.3) is 0 Å². The molecule has 0 N–H and O–H groups in total. The predicted octanol–water partition coefficient (Wildman–Crippen LogP) is 3.21. The summed E-state index contributed by atoms with van der Waals surface area (Å²) >= 11 is 0. The summed E-state index contributed by atoms with van der Waals surface area (Å²) in [5.74, 6) is 1.54. The van der Waals surface area contributed by atoms with Crippen molar-refractivity contribution in [3.63, 3.8) is 0 Å². The van der Waals surface area contributed by atoms with Crippen LogP contribution in [0.2, 0.25) is 0 Å². The fraction of sp³-hybridized carbons (Fsp3) is 0.400. The van der Waals surface area contributed by atoms with Crippen LogP contribution in [0.5, 0.6) is 5.75 Å². The lowest BCUT2D eigenvalue weighted by molar-refractivity contribution is 0.120. The summed E-state index contributed by atoms with van der Waals surface area (Å²) in [5.41, 5.74) is 1.63. The zero-order chi connectivity index (χ0) is 12.1. The SMILES string of the molecule is O=c1ccc2c3c(ccc2o1)O[C@H]1CCC[C@@H]3C1. The van der Waals surface area contributed by atoms with Crippen LogP contribution < -0.4 is 10.4 Å². The highest BCUT2D eigenvalue weighted by Crippen LogP contribution is 2.46. The molecule has 1 fully saturated rings. The number of hydrogen-bond donors (Lipinski definition) is 0. The highest BCUT2D eigenvalue weighted by molar-refractivity contribution is 5.83. The minimum Gasteiger partial charge on any atom is -0.490 e. The van der Waals surface area contributed by atoms with E-state index in [0.29, 0.717) is 17.6 Å². The molecule has 2 bridgehead atoms. The number of ether oxygens (including phenoxy) is 1. The second-order valence-electron chi connectivity index (χ2n) is 5.25. The number of fused-ring (bicyclic) bond motifs is 6. The first-order chi connectivity index (χ1) is 8.81. The first-order valence-corrected chi connectivity index (χ1v) is 6.55. The van der Waals surface area contributed by atoms with Gasteiger partial charge in [-0.25, -0.2) is 4.79 Å². The molecule has 1 aliphatic carbocycles. The van der Waals surface area contributed by atoms with Crippen molar-refractivity contribution < 1.29 is 9.15 Å². The Balaban J connectivity index is 2.01. The maximum atomic E-state index is 11.3. The Labute approximate surface area is 104 Å². The molecule has 0 amide bonds. The third kappa shape index (κ3) is 1.40. The molecule has 0 unspecified atom stereocenters. The van der Waals surface area contributed by atoms with Crippen LogP contribution in [-0.2, 0) is 0 Å². The van der Waals surface area contributed by atoms with Gasteiger partial charge in [-0.2, -0.15) is 0 Å². The van der Waals surface area contributed by atoms with Crippen LogP contribution in [0, 0.1) is 0 Å². The maximum absolute atomic E-state index is 11.3. The van der Waals surface area contributed by atoms with E-state index in [1.165, 1.54) is 24.5 Å². The van der Waals surface area contributed by atoms with Crippen LogP contribution in [0.15, 0.2) is 33.5 Å². The van der Waals surface area contributed by atoms with Crippen molar-refractivity contribution in [1.29, 1.82) is 0 Å². The van der Waals surface area contributed by atoms with Crippen molar-refractivity contribution in [2.24, 2.45) is 0 Å². The monoisotopic (exact) mass is 242 g/mol. The molecule has 2 heterocycles. The van der Waals surface area contributed by atoms with Crippen molar-refractivity contribution in [3.8, 4) is 5.75 Å². The van der Waals surface area contributed by atoms with Crippen LogP contribution in [-0.4, -0.2) is 6.10 Å². The van der Waals surface area contributed by atoms with Crippen molar-refractivity contribution in [2.45, 2.75) is 37.7 Å². The van der Waals surface area contributed by atoms with E-state index in [1.54, 1.807) is 0 Å². The summed E-state index contributed by atoms with van der Waals surface area (Å²) in [6, 6.07) is 7.16. The Bertz CT molecular complexity index is 671. The van der Waals surface area contributed by atoms with Gasteiger partial charge in [0.15, 0.2) is 0 Å². The van der Waals surface area contributed by atoms with Gasteiger partial charge in [-0.1, -0.05) is 0 Å². The third-order valence-corrected chi connectivity index (χ3v) is 4.13. The smallest absolute Gasteiger partial charge is 0.336 e. The highest BCUT2D eigenvalue weighted by Gasteiger charge is 2.33. The molecule has 1 aromatic carbocycles. The van der Waals surface area contributed by atoms with E-state index in [4.69, 9.17) is 9.15 Å². The number of benzene rings is 1. The maximum Gasteiger partial charge on any atom is 0.336 e. The number of hydrogen-bond acceptors (Lipinski definition) is 3. The van der Waals surface area contributed by atoms with E-state index in [0.717, 1.165) is 24.0 Å². The predicted molar refractivity (Wildman–Crippen MR) is 68.1 cm³/mol. The van der Waals surface area contributed by atoms with Gasteiger partial charge in [-0.3, -0.25) is 0 Å².